The summed E-state index contributed by atoms with van der Waals surface area (Å²) in [6, 6.07) is 5.58. The molecular weight excluding hydrogens is 288 g/mol. The molecule has 1 atom stereocenters. The zero-order valence-electron chi connectivity index (χ0n) is 10.1. The van der Waals surface area contributed by atoms with Gasteiger partial charge in [-0.1, -0.05) is 11.6 Å². The number of hydrogen-bond donors (Lipinski definition) is 1. The van der Waals surface area contributed by atoms with Crippen molar-refractivity contribution in [2.45, 2.75) is 23.8 Å². The standard InChI is InChI=1S/C12H13ClN2O3S/c13-10-4-3-9(7-14)12(6-10)19(17,18)15-5-1-2-11(15)8-16/h3-4,6,11,16H,1-2,5,8H2/t11-/m1/s1. The van der Waals surface area contributed by atoms with Crippen LogP contribution in [0, 0.1) is 11.3 Å². The first-order valence-electron chi connectivity index (χ1n) is 5.83. The molecule has 19 heavy (non-hydrogen) atoms. The number of rotatable bonds is 3. The van der Waals surface area contributed by atoms with Crippen LogP contribution in [0.25, 0.3) is 0 Å². The Labute approximate surface area is 117 Å². The highest BCUT2D eigenvalue weighted by Crippen LogP contribution is 2.29. The van der Waals surface area contributed by atoms with Gasteiger partial charge in [0.25, 0.3) is 0 Å². The molecule has 0 saturated carbocycles. The summed E-state index contributed by atoms with van der Waals surface area (Å²) in [7, 11) is -3.80. The van der Waals surface area contributed by atoms with Crippen molar-refractivity contribution in [2.75, 3.05) is 13.2 Å². The first-order valence-corrected chi connectivity index (χ1v) is 7.65. The molecule has 1 heterocycles. The average Bonchev–Trinajstić information content (AvgIpc) is 2.87. The Balaban J connectivity index is 2.51. The molecule has 1 aromatic carbocycles. The van der Waals surface area contributed by atoms with Crippen molar-refractivity contribution in [3.8, 4) is 6.07 Å². The third kappa shape index (κ3) is 2.60. The van der Waals surface area contributed by atoms with Crippen LogP contribution in [-0.2, 0) is 10.0 Å². The van der Waals surface area contributed by atoms with Gasteiger partial charge in [-0.2, -0.15) is 9.57 Å². The van der Waals surface area contributed by atoms with E-state index in [1.807, 2.05) is 6.07 Å². The smallest absolute Gasteiger partial charge is 0.244 e. The lowest BCUT2D eigenvalue weighted by Crippen LogP contribution is -2.37. The van der Waals surface area contributed by atoms with E-state index in [9.17, 15) is 13.5 Å². The van der Waals surface area contributed by atoms with Crippen LogP contribution in [0.15, 0.2) is 23.1 Å². The van der Waals surface area contributed by atoms with Gasteiger partial charge in [0.15, 0.2) is 0 Å². The lowest BCUT2D eigenvalue weighted by molar-refractivity contribution is 0.213. The van der Waals surface area contributed by atoms with E-state index in [0.29, 0.717) is 19.4 Å². The second kappa shape index (κ2) is 5.47. The minimum Gasteiger partial charge on any atom is -0.395 e. The largest absolute Gasteiger partial charge is 0.395 e. The highest BCUT2D eigenvalue weighted by atomic mass is 35.5. The van der Waals surface area contributed by atoms with Gasteiger partial charge in [-0.25, -0.2) is 8.42 Å². The molecule has 102 valence electrons. The predicted molar refractivity (Wildman–Crippen MR) is 70.2 cm³/mol. The number of halogens is 1. The van der Waals surface area contributed by atoms with Gasteiger partial charge >= 0.3 is 0 Å². The summed E-state index contributed by atoms with van der Waals surface area (Å²) in [5, 5.41) is 18.5. The molecule has 1 aliphatic rings. The van der Waals surface area contributed by atoms with Gasteiger partial charge in [0.1, 0.15) is 11.0 Å². The first kappa shape index (κ1) is 14.3. The van der Waals surface area contributed by atoms with Crippen LogP contribution in [0.3, 0.4) is 0 Å². The van der Waals surface area contributed by atoms with E-state index in [0.717, 1.165) is 0 Å². The van der Waals surface area contributed by atoms with E-state index in [1.54, 1.807) is 0 Å². The number of aliphatic hydroxyl groups excluding tert-OH is 1. The summed E-state index contributed by atoms with van der Waals surface area (Å²) < 4.78 is 26.3. The molecule has 0 aliphatic carbocycles. The summed E-state index contributed by atoms with van der Waals surface area (Å²) in [6.07, 6.45) is 1.32. The molecule has 1 aromatic rings. The van der Waals surface area contributed by atoms with Crippen molar-refractivity contribution in [1.29, 1.82) is 5.26 Å². The van der Waals surface area contributed by atoms with Crippen LogP contribution in [0.4, 0.5) is 0 Å². The maximum absolute atomic E-state index is 12.5. The van der Waals surface area contributed by atoms with Crippen molar-refractivity contribution in [3.63, 3.8) is 0 Å². The van der Waals surface area contributed by atoms with Crippen molar-refractivity contribution in [3.05, 3.63) is 28.8 Å². The minimum absolute atomic E-state index is 0.0630. The van der Waals surface area contributed by atoms with Crippen molar-refractivity contribution in [1.82, 2.24) is 4.31 Å². The molecule has 2 rings (SSSR count). The molecule has 1 fully saturated rings. The van der Waals surface area contributed by atoms with Gasteiger partial charge in [-0.05, 0) is 31.0 Å². The van der Waals surface area contributed by atoms with Gasteiger partial charge in [0, 0.05) is 17.6 Å². The number of nitrogens with zero attached hydrogens (tertiary/aromatic N) is 2. The monoisotopic (exact) mass is 300 g/mol. The van der Waals surface area contributed by atoms with E-state index in [-0.39, 0.29) is 22.1 Å². The third-order valence-electron chi connectivity index (χ3n) is 3.18. The fraction of sp³-hybridized carbons (Fsp3) is 0.417. The quantitative estimate of drug-likeness (QED) is 0.914. The molecule has 0 unspecified atom stereocenters. The zero-order chi connectivity index (χ0) is 14.0. The van der Waals surface area contributed by atoms with Crippen molar-refractivity contribution < 1.29 is 13.5 Å². The average molecular weight is 301 g/mol. The molecule has 0 aromatic heterocycles. The molecule has 0 amide bonds. The number of benzene rings is 1. The van der Waals surface area contributed by atoms with E-state index in [4.69, 9.17) is 16.9 Å². The topological polar surface area (TPSA) is 81.4 Å². The van der Waals surface area contributed by atoms with Crippen LogP contribution in [0.5, 0.6) is 0 Å². The Morgan fingerprint density at radius 1 is 1.53 bits per heavy atom. The zero-order valence-corrected chi connectivity index (χ0v) is 11.7. The van der Waals surface area contributed by atoms with Gasteiger partial charge in [0.05, 0.1) is 12.2 Å². The second-order valence-corrected chi connectivity index (χ2v) is 6.64. The Morgan fingerprint density at radius 2 is 2.26 bits per heavy atom. The molecule has 7 heteroatoms. The highest BCUT2D eigenvalue weighted by Gasteiger charge is 2.36. The van der Waals surface area contributed by atoms with Crippen LogP contribution < -0.4 is 0 Å². The summed E-state index contributed by atoms with van der Waals surface area (Å²) in [4.78, 5) is -0.0946. The summed E-state index contributed by atoms with van der Waals surface area (Å²) >= 11 is 5.82. The van der Waals surface area contributed by atoms with Gasteiger partial charge in [0.2, 0.25) is 10.0 Å². The van der Waals surface area contributed by atoms with E-state index in [1.165, 1.54) is 22.5 Å². The Kier molecular flexibility index (Phi) is 4.11. The molecule has 0 spiro atoms. The van der Waals surface area contributed by atoms with E-state index < -0.39 is 16.1 Å². The summed E-state index contributed by atoms with van der Waals surface area (Å²) in [5.74, 6) is 0. The normalized spacial score (nSPS) is 20.4. The minimum atomic E-state index is -3.80. The van der Waals surface area contributed by atoms with E-state index >= 15 is 0 Å². The highest BCUT2D eigenvalue weighted by molar-refractivity contribution is 7.89. The summed E-state index contributed by atoms with van der Waals surface area (Å²) in [5.41, 5.74) is 0.0630. The summed E-state index contributed by atoms with van der Waals surface area (Å²) in [6.45, 7) is 0.132. The second-order valence-electron chi connectivity index (χ2n) is 4.35. The molecule has 0 bridgehead atoms. The maximum atomic E-state index is 12.5. The van der Waals surface area contributed by atoms with Crippen LogP contribution in [0.1, 0.15) is 18.4 Å². The number of hydrogen-bond acceptors (Lipinski definition) is 4. The van der Waals surface area contributed by atoms with Crippen molar-refractivity contribution in [2.24, 2.45) is 0 Å². The molecule has 5 nitrogen and oxygen atoms in total. The molecule has 1 saturated heterocycles. The fourth-order valence-corrected chi connectivity index (χ4v) is 4.33. The van der Waals surface area contributed by atoms with Crippen molar-refractivity contribution >= 4 is 21.6 Å². The van der Waals surface area contributed by atoms with Gasteiger partial charge < -0.3 is 5.11 Å². The fourth-order valence-electron chi connectivity index (χ4n) is 2.24. The lowest BCUT2D eigenvalue weighted by Gasteiger charge is -2.22. The third-order valence-corrected chi connectivity index (χ3v) is 5.41. The number of sulfonamides is 1. The number of nitriles is 1. The predicted octanol–water partition coefficient (Wildman–Crippen LogP) is 1.36. The Morgan fingerprint density at radius 3 is 2.89 bits per heavy atom. The SMILES string of the molecule is N#Cc1ccc(Cl)cc1S(=O)(=O)N1CCC[C@@H]1CO. The lowest BCUT2D eigenvalue weighted by atomic mass is 10.2. The molecule has 0 radical (unpaired) electrons. The first-order chi connectivity index (χ1) is 9.00. The van der Waals surface area contributed by atoms with Gasteiger partial charge in [-0.3, -0.25) is 0 Å². The van der Waals surface area contributed by atoms with Crippen LogP contribution in [-0.4, -0.2) is 37.0 Å². The van der Waals surface area contributed by atoms with Gasteiger partial charge in [-0.15, -0.1) is 0 Å². The Bertz CT molecular complexity index is 624. The molecular formula is C12H13ClN2O3S. The molecule has 1 N–H and O–H groups in total. The number of aliphatic hydroxyl groups is 1. The van der Waals surface area contributed by atoms with E-state index in [2.05, 4.69) is 0 Å². The molecule has 1 aliphatic heterocycles. The van der Waals surface area contributed by atoms with Crippen LogP contribution in [0.2, 0.25) is 5.02 Å². The van der Waals surface area contributed by atoms with Crippen LogP contribution >= 0.6 is 11.6 Å². The Hall–Kier alpha value is -1.13. The maximum Gasteiger partial charge on any atom is 0.244 e.